The first-order valence-corrected chi connectivity index (χ1v) is 6.10. The van der Waals surface area contributed by atoms with E-state index in [9.17, 15) is 13.2 Å². The summed E-state index contributed by atoms with van der Waals surface area (Å²) < 4.78 is 43.5. The van der Waals surface area contributed by atoms with Crippen LogP contribution in [0.4, 0.5) is 18.9 Å². The lowest BCUT2D eigenvalue weighted by Crippen LogP contribution is -2.08. The molecule has 1 N–H and O–H groups in total. The van der Waals surface area contributed by atoms with Crippen LogP contribution < -0.4 is 10.2 Å². The minimum absolute atomic E-state index is 0.101. The molecule has 0 saturated heterocycles. The largest absolute Gasteiger partial charge is 0.496 e. The molecule has 0 saturated carbocycles. The van der Waals surface area contributed by atoms with Crippen molar-refractivity contribution in [2.75, 3.05) is 12.5 Å². The van der Waals surface area contributed by atoms with Gasteiger partial charge in [-0.3, -0.25) is 5.43 Å². The number of benzene rings is 2. The standard InChI is InChI=1S/C15H13F3N2O/c1-21-14-9-5-2-6-11(14)10-19-20-13-8-4-3-7-12(13)15(16,17)18/h2-10,20H,1H3. The summed E-state index contributed by atoms with van der Waals surface area (Å²) in [5, 5.41) is 3.84. The fourth-order valence-corrected chi connectivity index (χ4v) is 1.77. The first-order chi connectivity index (χ1) is 10.0. The van der Waals surface area contributed by atoms with E-state index in [1.807, 2.05) is 0 Å². The molecule has 0 heterocycles. The number of alkyl halides is 3. The van der Waals surface area contributed by atoms with Crippen molar-refractivity contribution in [3.63, 3.8) is 0 Å². The summed E-state index contributed by atoms with van der Waals surface area (Å²) in [6, 6.07) is 12.2. The number of hydrogen-bond donors (Lipinski definition) is 1. The number of nitrogens with zero attached hydrogens (tertiary/aromatic N) is 1. The quantitative estimate of drug-likeness (QED) is 0.678. The van der Waals surface area contributed by atoms with Crippen LogP contribution in [0.1, 0.15) is 11.1 Å². The molecule has 0 unspecified atom stereocenters. The van der Waals surface area contributed by atoms with Crippen LogP contribution in [0.15, 0.2) is 53.6 Å². The van der Waals surface area contributed by atoms with Crippen LogP contribution in [0.3, 0.4) is 0 Å². The molecule has 0 aromatic heterocycles. The van der Waals surface area contributed by atoms with Crippen LogP contribution in [0.25, 0.3) is 0 Å². The number of halogens is 3. The van der Waals surface area contributed by atoms with Gasteiger partial charge in [-0.25, -0.2) is 0 Å². The van der Waals surface area contributed by atoms with Gasteiger partial charge in [-0.05, 0) is 24.3 Å². The molecule has 0 amide bonds. The Kier molecular flexibility index (Phi) is 4.47. The van der Waals surface area contributed by atoms with Crippen molar-refractivity contribution < 1.29 is 17.9 Å². The first-order valence-electron chi connectivity index (χ1n) is 6.10. The van der Waals surface area contributed by atoms with Gasteiger partial charge < -0.3 is 4.74 Å². The van der Waals surface area contributed by atoms with Crippen molar-refractivity contribution in [2.24, 2.45) is 5.10 Å². The first kappa shape index (κ1) is 14.9. The van der Waals surface area contributed by atoms with E-state index in [1.165, 1.54) is 31.5 Å². The van der Waals surface area contributed by atoms with Crippen LogP contribution >= 0.6 is 0 Å². The van der Waals surface area contributed by atoms with Crippen LogP contribution in [0.5, 0.6) is 5.75 Å². The van der Waals surface area contributed by atoms with E-state index in [0.717, 1.165) is 6.07 Å². The number of nitrogens with one attached hydrogen (secondary N) is 1. The smallest absolute Gasteiger partial charge is 0.418 e. The van der Waals surface area contributed by atoms with E-state index in [4.69, 9.17) is 4.74 Å². The molecule has 2 rings (SSSR count). The highest BCUT2D eigenvalue weighted by molar-refractivity contribution is 5.84. The zero-order chi connectivity index (χ0) is 15.3. The van der Waals surface area contributed by atoms with E-state index < -0.39 is 11.7 Å². The lowest BCUT2D eigenvalue weighted by atomic mass is 10.2. The Labute approximate surface area is 120 Å². The zero-order valence-electron chi connectivity index (χ0n) is 11.2. The Hall–Kier alpha value is -2.50. The Morgan fingerprint density at radius 2 is 1.71 bits per heavy atom. The maximum absolute atomic E-state index is 12.8. The van der Waals surface area contributed by atoms with Gasteiger partial charge in [0, 0.05) is 5.56 Å². The second-order valence-corrected chi connectivity index (χ2v) is 4.16. The Bertz CT molecular complexity index is 639. The van der Waals surface area contributed by atoms with E-state index in [-0.39, 0.29) is 5.69 Å². The summed E-state index contributed by atoms with van der Waals surface area (Å²) in [5.41, 5.74) is 2.21. The summed E-state index contributed by atoms with van der Waals surface area (Å²) >= 11 is 0. The molecule has 2 aromatic carbocycles. The number of para-hydroxylation sites is 2. The second kappa shape index (κ2) is 6.30. The molecular formula is C15H13F3N2O. The lowest BCUT2D eigenvalue weighted by molar-refractivity contribution is -0.136. The van der Waals surface area contributed by atoms with Gasteiger partial charge in [0.15, 0.2) is 0 Å². The van der Waals surface area contributed by atoms with E-state index in [2.05, 4.69) is 10.5 Å². The summed E-state index contributed by atoms with van der Waals surface area (Å²) in [5.74, 6) is 0.590. The Morgan fingerprint density at radius 1 is 1.05 bits per heavy atom. The second-order valence-electron chi connectivity index (χ2n) is 4.16. The highest BCUT2D eigenvalue weighted by Gasteiger charge is 2.33. The number of anilines is 1. The molecule has 0 radical (unpaired) electrons. The fraction of sp³-hybridized carbons (Fsp3) is 0.133. The zero-order valence-corrected chi connectivity index (χ0v) is 11.2. The predicted molar refractivity (Wildman–Crippen MR) is 75.7 cm³/mol. The topological polar surface area (TPSA) is 33.6 Å². The molecule has 0 aliphatic rings. The molecule has 2 aromatic rings. The molecule has 3 nitrogen and oxygen atoms in total. The summed E-state index contributed by atoms with van der Waals surface area (Å²) in [6.07, 6.45) is -3.02. The maximum Gasteiger partial charge on any atom is 0.418 e. The van der Waals surface area contributed by atoms with E-state index >= 15 is 0 Å². The van der Waals surface area contributed by atoms with Gasteiger partial charge >= 0.3 is 6.18 Å². The van der Waals surface area contributed by atoms with Crippen molar-refractivity contribution in [1.82, 2.24) is 0 Å². The average molecular weight is 294 g/mol. The minimum atomic E-state index is -4.43. The Balaban J connectivity index is 2.19. The average Bonchev–Trinajstić information content (AvgIpc) is 2.47. The number of methoxy groups -OCH3 is 1. The number of hydrazone groups is 1. The third-order valence-electron chi connectivity index (χ3n) is 2.76. The highest BCUT2D eigenvalue weighted by atomic mass is 19.4. The summed E-state index contributed by atoms with van der Waals surface area (Å²) in [6.45, 7) is 0. The molecule has 21 heavy (non-hydrogen) atoms. The number of ether oxygens (including phenoxy) is 1. The van der Waals surface area contributed by atoms with E-state index in [0.29, 0.717) is 11.3 Å². The van der Waals surface area contributed by atoms with Crippen molar-refractivity contribution in [1.29, 1.82) is 0 Å². The van der Waals surface area contributed by atoms with Gasteiger partial charge in [-0.1, -0.05) is 24.3 Å². The SMILES string of the molecule is COc1ccccc1C=NNc1ccccc1C(F)(F)F. The van der Waals surface area contributed by atoms with Crippen molar-refractivity contribution in [2.45, 2.75) is 6.18 Å². The van der Waals surface area contributed by atoms with Crippen molar-refractivity contribution in [3.05, 3.63) is 59.7 Å². The monoisotopic (exact) mass is 294 g/mol. The normalized spacial score (nSPS) is 11.6. The minimum Gasteiger partial charge on any atom is -0.496 e. The van der Waals surface area contributed by atoms with Gasteiger partial charge in [0.05, 0.1) is 24.6 Å². The molecule has 0 spiro atoms. The molecule has 0 aliphatic heterocycles. The van der Waals surface area contributed by atoms with Gasteiger partial charge in [0.1, 0.15) is 5.75 Å². The Morgan fingerprint density at radius 3 is 2.43 bits per heavy atom. The molecule has 0 atom stereocenters. The van der Waals surface area contributed by atoms with Gasteiger partial charge in [0.2, 0.25) is 0 Å². The van der Waals surface area contributed by atoms with Crippen molar-refractivity contribution >= 4 is 11.9 Å². The third kappa shape index (κ3) is 3.75. The molecule has 110 valence electrons. The maximum atomic E-state index is 12.8. The molecule has 6 heteroatoms. The van der Waals surface area contributed by atoms with Gasteiger partial charge in [-0.15, -0.1) is 0 Å². The summed E-state index contributed by atoms with van der Waals surface area (Å²) in [4.78, 5) is 0. The van der Waals surface area contributed by atoms with E-state index in [1.54, 1.807) is 24.3 Å². The predicted octanol–water partition coefficient (Wildman–Crippen LogP) is 4.16. The lowest BCUT2D eigenvalue weighted by Gasteiger charge is -2.11. The third-order valence-corrected chi connectivity index (χ3v) is 2.76. The molecule has 0 bridgehead atoms. The fourth-order valence-electron chi connectivity index (χ4n) is 1.77. The highest BCUT2D eigenvalue weighted by Crippen LogP contribution is 2.34. The van der Waals surface area contributed by atoms with Crippen LogP contribution in [0.2, 0.25) is 0 Å². The summed E-state index contributed by atoms with van der Waals surface area (Å²) in [7, 11) is 1.51. The van der Waals surface area contributed by atoms with Gasteiger partial charge in [0.25, 0.3) is 0 Å². The van der Waals surface area contributed by atoms with Crippen LogP contribution in [-0.2, 0) is 6.18 Å². The molecule has 0 fully saturated rings. The van der Waals surface area contributed by atoms with Crippen molar-refractivity contribution in [3.8, 4) is 5.75 Å². The molecular weight excluding hydrogens is 281 g/mol. The van der Waals surface area contributed by atoms with Gasteiger partial charge in [-0.2, -0.15) is 18.3 Å². The molecule has 0 aliphatic carbocycles. The van der Waals surface area contributed by atoms with Crippen LogP contribution in [0, 0.1) is 0 Å². The number of hydrogen-bond acceptors (Lipinski definition) is 3. The number of rotatable bonds is 4. The van der Waals surface area contributed by atoms with Crippen LogP contribution in [-0.4, -0.2) is 13.3 Å².